The summed E-state index contributed by atoms with van der Waals surface area (Å²) in [6, 6.07) is 16.8. The van der Waals surface area contributed by atoms with Crippen LogP contribution in [0.2, 0.25) is 5.02 Å². The van der Waals surface area contributed by atoms with Gasteiger partial charge >= 0.3 is 0 Å². The molecule has 0 saturated heterocycles. The quantitative estimate of drug-likeness (QED) is 0.751. The lowest BCUT2D eigenvalue weighted by Crippen LogP contribution is -2.26. The number of nitrogens with one attached hydrogen (secondary N) is 1. The molecule has 1 N–H and O–H groups in total. The molecule has 0 aliphatic rings. The molecule has 2 aromatic carbocycles. The summed E-state index contributed by atoms with van der Waals surface area (Å²) in [7, 11) is 0. The van der Waals surface area contributed by atoms with E-state index in [1.165, 1.54) is 5.56 Å². The van der Waals surface area contributed by atoms with E-state index >= 15 is 0 Å². The van der Waals surface area contributed by atoms with Gasteiger partial charge in [-0.25, -0.2) is 0 Å². The summed E-state index contributed by atoms with van der Waals surface area (Å²) in [5, 5.41) is 4.30. The average Bonchev–Trinajstić information content (AvgIpc) is 2.54. The fraction of sp³-hybridized carbons (Fsp3) is 0.368. The Morgan fingerprint density at radius 1 is 1.14 bits per heavy atom. The van der Waals surface area contributed by atoms with Crippen LogP contribution in [0.5, 0.6) is 5.75 Å². The van der Waals surface area contributed by atoms with E-state index in [1.54, 1.807) is 0 Å². The van der Waals surface area contributed by atoms with Crippen molar-refractivity contribution in [2.24, 2.45) is 0 Å². The summed E-state index contributed by atoms with van der Waals surface area (Å²) in [5.74, 6) is 0.912. The predicted octanol–water partition coefficient (Wildman–Crippen LogP) is 4.85. The molecule has 0 amide bonds. The van der Waals surface area contributed by atoms with E-state index in [1.807, 2.05) is 25.1 Å². The maximum absolute atomic E-state index is 6.09. The third-order valence-electron chi connectivity index (χ3n) is 3.67. The zero-order valence-electron chi connectivity index (χ0n) is 13.3. The molecule has 2 rings (SSSR count). The third-order valence-corrected chi connectivity index (χ3v) is 3.91. The van der Waals surface area contributed by atoms with Crippen molar-refractivity contribution in [3.8, 4) is 5.75 Å². The number of halogens is 1. The van der Waals surface area contributed by atoms with Crippen LogP contribution < -0.4 is 10.1 Å². The van der Waals surface area contributed by atoms with Crippen LogP contribution >= 0.6 is 11.6 Å². The Labute approximate surface area is 138 Å². The standard InChI is InChI=1S/C19H24ClNO/c1-3-22-19-12-11-18(20)13-17(19)14-21-15(2)9-10-16-7-5-4-6-8-16/h4-8,11-13,15,21H,3,9-10,14H2,1-2H3. The Morgan fingerprint density at radius 2 is 1.91 bits per heavy atom. The van der Waals surface area contributed by atoms with Gasteiger partial charge in [0.05, 0.1) is 6.61 Å². The first-order valence-electron chi connectivity index (χ1n) is 7.87. The number of hydrogen-bond donors (Lipinski definition) is 1. The molecule has 2 nitrogen and oxygen atoms in total. The molecule has 118 valence electrons. The van der Waals surface area contributed by atoms with Gasteiger partial charge in [0, 0.05) is 23.2 Å². The lowest BCUT2D eigenvalue weighted by atomic mass is 10.1. The zero-order valence-corrected chi connectivity index (χ0v) is 14.1. The lowest BCUT2D eigenvalue weighted by molar-refractivity contribution is 0.334. The molecule has 0 spiro atoms. The molecular weight excluding hydrogens is 294 g/mol. The Hall–Kier alpha value is -1.51. The van der Waals surface area contributed by atoms with Crippen molar-refractivity contribution >= 4 is 11.6 Å². The highest BCUT2D eigenvalue weighted by Gasteiger charge is 2.07. The van der Waals surface area contributed by atoms with Crippen LogP contribution in [0.15, 0.2) is 48.5 Å². The van der Waals surface area contributed by atoms with Gasteiger partial charge in [-0.15, -0.1) is 0 Å². The summed E-state index contributed by atoms with van der Waals surface area (Å²) >= 11 is 6.09. The minimum absolute atomic E-state index is 0.439. The minimum atomic E-state index is 0.439. The van der Waals surface area contributed by atoms with E-state index in [0.717, 1.165) is 35.7 Å². The van der Waals surface area contributed by atoms with Crippen LogP contribution in [0.1, 0.15) is 31.4 Å². The molecule has 0 saturated carbocycles. The second-order valence-corrected chi connectivity index (χ2v) is 5.93. The summed E-state index contributed by atoms with van der Waals surface area (Å²) in [6.07, 6.45) is 2.19. The summed E-state index contributed by atoms with van der Waals surface area (Å²) in [5.41, 5.74) is 2.50. The molecule has 1 atom stereocenters. The molecule has 1 unspecified atom stereocenters. The SMILES string of the molecule is CCOc1ccc(Cl)cc1CNC(C)CCc1ccccc1. The lowest BCUT2D eigenvalue weighted by Gasteiger charge is -2.16. The van der Waals surface area contributed by atoms with Gasteiger partial charge in [-0.2, -0.15) is 0 Å². The normalized spacial score (nSPS) is 12.1. The average molecular weight is 318 g/mol. The maximum Gasteiger partial charge on any atom is 0.123 e. The van der Waals surface area contributed by atoms with Crippen LogP contribution in [0.3, 0.4) is 0 Å². The van der Waals surface area contributed by atoms with Gasteiger partial charge in [0.2, 0.25) is 0 Å². The molecule has 0 radical (unpaired) electrons. The molecule has 0 aliphatic heterocycles. The van der Waals surface area contributed by atoms with Crippen LogP contribution in [0.25, 0.3) is 0 Å². The smallest absolute Gasteiger partial charge is 0.123 e. The number of benzene rings is 2. The fourth-order valence-electron chi connectivity index (χ4n) is 2.40. The molecule has 22 heavy (non-hydrogen) atoms. The maximum atomic E-state index is 6.09. The first-order valence-corrected chi connectivity index (χ1v) is 8.25. The van der Waals surface area contributed by atoms with Crippen LogP contribution in [-0.2, 0) is 13.0 Å². The molecule has 0 bridgehead atoms. The van der Waals surface area contributed by atoms with Gasteiger partial charge in [0.15, 0.2) is 0 Å². The predicted molar refractivity (Wildman–Crippen MR) is 93.7 cm³/mol. The van der Waals surface area contributed by atoms with E-state index in [0.29, 0.717) is 12.6 Å². The van der Waals surface area contributed by atoms with Crippen molar-refractivity contribution in [1.82, 2.24) is 5.32 Å². The van der Waals surface area contributed by atoms with Crippen molar-refractivity contribution in [2.45, 2.75) is 39.3 Å². The molecule has 0 fully saturated rings. The van der Waals surface area contributed by atoms with Crippen molar-refractivity contribution in [3.63, 3.8) is 0 Å². The van der Waals surface area contributed by atoms with Gasteiger partial charge in [0.25, 0.3) is 0 Å². The molecule has 0 heterocycles. The van der Waals surface area contributed by atoms with E-state index in [9.17, 15) is 0 Å². The Bertz CT molecular complexity index is 571. The van der Waals surface area contributed by atoms with Crippen LogP contribution in [-0.4, -0.2) is 12.6 Å². The highest BCUT2D eigenvalue weighted by molar-refractivity contribution is 6.30. The van der Waals surface area contributed by atoms with Crippen LogP contribution in [0, 0.1) is 0 Å². The van der Waals surface area contributed by atoms with E-state index < -0.39 is 0 Å². The number of rotatable bonds is 8. The molecule has 0 aromatic heterocycles. The van der Waals surface area contributed by atoms with Gasteiger partial charge in [-0.3, -0.25) is 0 Å². The van der Waals surface area contributed by atoms with E-state index in [-0.39, 0.29) is 0 Å². The topological polar surface area (TPSA) is 21.3 Å². The van der Waals surface area contributed by atoms with E-state index in [4.69, 9.17) is 16.3 Å². The number of aryl methyl sites for hydroxylation is 1. The highest BCUT2D eigenvalue weighted by atomic mass is 35.5. The van der Waals surface area contributed by atoms with Gasteiger partial charge in [-0.1, -0.05) is 41.9 Å². The first kappa shape index (κ1) is 16.9. The second kappa shape index (κ2) is 8.82. The van der Waals surface area contributed by atoms with Crippen molar-refractivity contribution in [3.05, 3.63) is 64.7 Å². The zero-order chi connectivity index (χ0) is 15.8. The van der Waals surface area contributed by atoms with E-state index in [2.05, 4.69) is 42.6 Å². The molecule has 3 heteroatoms. The Morgan fingerprint density at radius 3 is 2.64 bits per heavy atom. The molecule has 2 aromatic rings. The summed E-state index contributed by atoms with van der Waals surface area (Å²) < 4.78 is 5.65. The fourth-order valence-corrected chi connectivity index (χ4v) is 2.59. The molecular formula is C19H24ClNO. The highest BCUT2D eigenvalue weighted by Crippen LogP contribution is 2.23. The number of ether oxygens (including phenoxy) is 1. The van der Waals surface area contributed by atoms with Gasteiger partial charge < -0.3 is 10.1 Å². The second-order valence-electron chi connectivity index (χ2n) is 5.49. The largest absolute Gasteiger partial charge is 0.494 e. The van der Waals surface area contributed by atoms with Crippen molar-refractivity contribution < 1.29 is 4.74 Å². The van der Waals surface area contributed by atoms with Gasteiger partial charge in [-0.05, 0) is 50.5 Å². The Kier molecular flexibility index (Phi) is 6.75. The Balaban J connectivity index is 1.85. The molecule has 0 aliphatic carbocycles. The monoisotopic (exact) mass is 317 g/mol. The van der Waals surface area contributed by atoms with Crippen molar-refractivity contribution in [1.29, 1.82) is 0 Å². The third kappa shape index (κ3) is 5.36. The van der Waals surface area contributed by atoms with Crippen LogP contribution in [0.4, 0.5) is 0 Å². The number of hydrogen-bond acceptors (Lipinski definition) is 2. The first-order chi connectivity index (χ1) is 10.7. The summed E-state index contributed by atoms with van der Waals surface area (Å²) in [6.45, 7) is 5.65. The van der Waals surface area contributed by atoms with Gasteiger partial charge in [0.1, 0.15) is 5.75 Å². The van der Waals surface area contributed by atoms with Crippen molar-refractivity contribution in [2.75, 3.05) is 6.61 Å². The summed E-state index contributed by atoms with van der Waals surface area (Å²) in [4.78, 5) is 0. The minimum Gasteiger partial charge on any atom is -0.494 e.